The van der Waals surface area contributed by atoms with E-state index in [4.69, 9.17) is 4.74 Å². The number of ether oxygens (including phenoxy) is 1. The summed E-state index contributed by atoms with van der Waals surface area (Å²) in [7, 11) is 2.06. The highest BCUT2D eigenvalue weighted by molar-refractivity contribution is 5.84. The number of fused-ring (bicyclic) bond motifs is 1. The summed E-state index contributed by atoms with van der Waals surface area (Å²) in [6.45, 7) is 3.48. The summed E-state index contributed by atoms with van der Waals surface area (Å²) in [6.07, 6.45) is 1.03. The van der Waals surface area contributed by atoms with Crippen LogP contribution in [-0.4, -0.2) is 32.1 Å². The summed E-state index contributed by atoms with van der Waals surface area (Å²) >= 11 is 0. The van der Waals surface area contributed by atoms with E-state index in [0.717, 1.165) is 29.5 Å². The summed E-state index contributed by atoms with van der Waals surface area (Å²) in [5, 5.41) is 5.28. The van der Waals surface area contributed by atoms with Gasteiger partial charge in [0, 0.05) is 25.8 Å². The fraction of sp³-hybridized carbons (Fsp3) is 0.292. The summed E-state index contributed by atoms with van der Waals surface area (Å²) in [5.74, 6) is 0.669. The third kappa shape index (κ3) is 5.26. The molecule has 0 aliphatic carbocycles. The fourth-order valence-corrected chi connectivity index (χ4v) is 3.18. The summed E-state index contributed by atoms with van der Waals surface area (Å²) in [6, 6.07) is 24.3. The maximum Gasteiger partial charge on any atom is 0.261 e. The van der Waals surface area contributed by atoms with Crippen LogP contribution in [0.3, 0.4) is 0 Å². The second kappa shape index (κ2) is 9.79. The van der Waals surface area contributed by atoms with Crippen LogP contribution in [-0.2, 0) is 4.79 Å². The van der Waals surface area contributed by atoms with Crippen molar-refractivity contribution in [3.05, 3.63) is 72.8 Å². The molecule has 146 valence electrons. The van der Waals surface area contributed by atoms with Crippen LogP contribution >= 0.6 is 0 Å². The van der Waals surface area contributed by atoms with E-state index in [1.807, 2.05) is 61.5 Å². The average molecular weight is 377 g/mol. The molecule has 4 nitrogen and oxygen atoms in total. The molecule has 0 heterocycles. The first-order valence-electron chi connectivity index (χ1n) is 9.86. The van der Waals surface area contributed by atoms with E-state index in [1.54, 1.807) is 0 Å². The first kappa shape index (κ1) is 19.7. The lowest BCUT2D eigenvalue weighted by molar-refractivity contribution is -0.128. The number of carbonyl (C=O) groups excluding carboxylic acids is 1. The minimum Gasteiger partial charge on any atom is -0.481 e. The predicted octanol–water partition coefficient (Wildman–Crippen LogP) is 4.64. The zero-order chi connectivity index (χ0) is 19.8. The van der Waals surface area contributed by atoms with Crippen molar-refractivity contribution in [2.45, 2.75) is 25.9 Å². The Labute approximate surface area is 167 Å². The SMILES string of the molecule is CC[C@@H](Oc1ccc2ccccc2c1)C(=O)NCCCN(C)c1ccccc1. The van der Waals surface area contributed by atoms with Gasteiger partial charge in [-0.15, -0.1) is 0 Å². The number of amides is 1. The van der Waals surface area contributed by atoms with E-state index < -0.39 is 6.10 Å². The Morgan fingerprint density at radius 3 is 2.46 bits per heavy atom. The molecule has 0 spiro atoms. The highest BCUT2D eigenvalue weighted by Gasteiger charge is 2.18. The topological polar surface area (TPSA) is 41.6 Å². The number of nitrogens with zero attached hydrogens (tertiary/aromatic N) is 1. The largest absolute Gasteiger partial charge is 0.481 e. The van der Waals surface area contributed by atoms with Gasteiger partial charge in [-0.05, 0) is 47.9 Å². The molecule has 0 saturated heterocycles. The Morgan fingerprint density at radius 2 is 1.71 bits per heavy atom. The maximum atomic E-state index is 12.5. The van der Waals surface area contributed by atoms with Crippen molar-refractivity contribution < 1.29 is 9.53 Å². The van der Waals surface area contributed by atoms with Gasteiger partial charge in [0.05, 0.1) is 0 Å². The van der Waals surface area contributed by atoms with Crippen molar-refractivity contribution in [1.29, 1.82) is 0 Å². The minimum atomic E-state index is -0.479. The van der Waals surface area contributed by atoms with Crippen LogP contribution in [0.5, 0.6) is 5.75 Å². The van der Waals surface area contributed by atoms with Gasteiger partial charge >= 0.3 is 0 Å². The van der Waals surface area contributed by atoms with E-state index in [1.165, 1.54) is 5.69 Å². The van der Waals surface area contributed by atoms with Crippen LogP contribution in [0.4, 0.5) is 5.69 Å². The molecule has 3 aromatic carbocycles. The number of para-hydroxylation sites is 1. The van der Waals surface area contributed by atoms with Crippen molar-refractivity contribution in [1.82, 2.24) is 5.32 Å². The van der Waals surface area contributed by atoms with Crippen LogP contribution in [0.15, 0.2) is 72.8 Å². The third-order valence-corrected chi connectivity index (χ3v) is 4.83. The lowest BCUT2D eigenvalue weighted by atomic mass is 10.1. The van der Waals surface area contributed by atoms with Gasteiger partial charge in [-0.3, -0.25) is 4.79 Å². The zero-order valence-corrected chi connectivity index (χ0v) is 16.6. The van der Waals surface area contributed by atoms with E-state index in [9.17, 15) is 4.79 Å². The van der Waals surface area contributed by atoms with Gasteiger partial charge in [-0.2, -0.15) is 0 Å². The standard InChI is InChI=1S/C24H28N2O2/c1-3-23(28-22-15-14-19-10-7-8-11-20(19)18-22)24(27)25-16-9-17-26(2)21-12-5-4-6-13-21/h4-8,10-15,18,23H,3,9,16-17H2,1-2H3,(H,25,27)/t23-/m1/s1. The van der Waals surface area contributed by atoms with Crippen LogP contribution in [0, 0.1) is 0 Å². The monoisotopic (exact) mass is 376 g/mol. The Morgan fingerprint density at radius 1 is 1.00 bits per heavy atom. The third-order valence-electron chi connectivity index (χ3n) is 4.83. The lowest BCUT2D eigenvalue weighted by Crippen LogP contribution is -2.39. The van der Waals surface area contributed by atoms with Crippen molar-refractivity contribution in [2.75, 3.05) is 25.0 Å². The van der Waals surface area contributed by atoms with Crippen molar-refractivity contribution in [3.63, 3.8) is 0 Å². The van der Waals surface area contributed by atoms with Crippen LogP contribution in [0.2, 0.25) is 0 Å². The molecule has 28 heavy (non-hydrogen) atoms. The van der Waals surface area contributed by atoms with E-state index in [-0.39, 0.29) is 5.91 Å². The fourth-order valence-electron chi connectivity index (χ4n) is 3.18. The molecule has 1 atom stereocenters. The molecule has 1 N–H and O–H groups in total. The van der Waals surface area contributed by atoms with E-state index >= 15 is 0 Å². The Hall–Kier alpha value is -3.01. The summed E-state index contributed by atoms with van der Waals surface area (Å²) in [4.78, 5) is 14.7. The number of hydrogen-bond donors (Lipinski definition) is 1. The molecule has 0 saturated carbocycles. The zero-order valence-electron chi connectivity index (χ0n) is 16.6. The molecule has 4 heteroatoms. The Bertz CT molecular complexity index is 895. The molecule has 0 bridgehead atoms. The number of carbonyl (C=O) groups is 1. The van der Waals surface area contributed by atoms with Gasteiger partial charge in [0.25, 0.3) is 5.91 Å². The predicted molar refractivity (Wildman–Crippen MR) is 116 cm³/mol. The number of anilines is 1. The van der Waals surface area contributed by atoms with Gasteiger partial charge in [0.1, 0.15) is 5.75 Å². The molecule has 1 amide bonds. The van der Waals surface area contributed by atoms with Gasteiger partial charge in [0.15, 0.2) is 6.10 Å². The highest BCUT2D eigenvalue weighted by atomic mass is 16.5. The van der Waals surface area contributed by atoms with E-state index in [2.05, 4.69) is 35.5 Å². The van der Waals surface area contributed by atoms with Crippen molar-refractivity contribution >= 4 is 22.4 Å². The molecular formula is C24H28N2O2. The summed E-state index contributed by atoms with van der Waals surface area (Å²) < 4.78 is 5.96. The molecule has 3 rings (SSSR count). The number of rotatable bonds is 9. The molecule has 3 aromatic rings. The summed E-state index contributed by atoms with van der Waals surface area (Å²) in [5.41, 5.74) is 1.18. The second-order valence-corrected chi connectivity index (χ2v) is 6.93. The van der Waals surface area contributed by atoms with Crippen LogP contribution in [0.1, 0.15) is 19.8 Å². The molecule has 0 fully saturated rings. The normalized spacial score (nSPS) is 11.8. The maximum absolute atomic E-state index is 12.5. The van der Waals surface area contributed by atoms with Crippen molar-refractivity contribution in [3.8, 4) is 5.75 Å². The number of benzene rings is 3. The molecule has 0 radical (unpaired) electrons. The van der Waals surface area contributed by atoms with Gasteiger partial charge in [-0.25, -0.2) is 0 Å². The van der Waals surface area contributed by atoms with Crippen molar-refractivity contribution in [2.24, 2.45) is 0 Å². The number of nitrogens with one attached hydrogen (secondary N) is 1. The first-order valence-corrected chi connectivity index (χ1v) is 9.86. The van der Waals surface area contributed by atoms with E-state index in [0.29, 0.717) is 13.0 Å². The molecule has 0 aliphatic heterocycles. The Kier molecular flexibility index (Phi) is 6.90. The lowest BCUT2D eigenvalue weighted by Gasteiger charge is -2.20. The van der Waals surface area contributed by atoms with Crippen LogP contribution < -0.4 is 15.0 Å². The highest BCUT2D eigenvalue weighted by Crippen LogP contribution is 2.22. The second-order valence-electron chi connectivity index (χ2n) is 6.93. The molecule has 0 aliphatic rings. The Balaban J connectivity index is 1.47. The van der Waals surface area contributed by atoms with Gasteiger partial charge in [-0.1, -0.05) is 55.5 Å². The quantitative estimate of drug-likeness (QED) is 0.553. The molecular weight excluding hydrogens is 348 g/mol. The molecule has 0 unspecified atom stereocenters. The number of hydrogen-bond acceptors (Lipinski definition) is 3. The average Bonchev–Trinajstić information content (AvgIpc) is 2.75. The minimum absolute atomic E-state index is 0.0574. The molecule has 0 aromatic heterocycles. The van der Waals surface area contributed by atoms with Crippen LogP contribution in [0.25, 0.3) is 10.8 Å². The van der Waals surface area contributed by atoms with Gasteiger partial charge in [0.2, 0.25) is 0 Å². The van der Waals surface area contributed by atoms with Gasteiger partial charge < -0.3 is 15.0 Å². The smallest absolute Gasteiger partial charge is 0.261 e. The first-order chi connectivity index (χ1) is 13.7.